The molecule has 0 aliphatic heterocycles. The Bertz CT molecular complexity index is 1070. The molecule has 0 bridgehead atoms. The molecule has 4 nitrogen and oxygen atoms in total. The lowest BCUT2D eigenvalue weighted by atomic mass is 10.00. The van der Waals surface area contributed by atoms with E-state index in [1.165, 1.54) is 23.6 Å². The van der Waals surface area contributed by atoms with Gasteiger partial charge in [-0.1, -0.05) is 36.4 Å². The van der Waals surface area contributed by atoms with E-state index in [9.17, 15) is 9.59 Å². The fraction of sp³-hybridized carbons (Fsp3) is 0.200. The molecule has 0 aliphatic rings. The Balaban J connectivity index is 1.74. The molecule has 3 aromatic carbocycles. The number of hydrogen-bond donors (Lipinski definition) is 2. The van der Waals surface area contributed by atoms with Crippen LogP contribution in [0.3, 0.4) is 0 Å². The Hall–Kier alpha value is -3.40. The summed E-state index contributed by atoms with van der Waals surface area (Å²) < 4.78 is 0. The molecular weight excluding hydrogens is 360 g/mol. The number of nitrogens with one attached hydrogen (secondary N) is 2. The van der Waals surface area contributed by atoms with E-state index in [0.717, 1.165) is 23.4 Å². The summed E-state index contributed by atoms with van der Waals surface area (Å²) in [4.78, 5) is 24.1. The van der Waals surface area contributed by atoms with E-state index in [4.69, 9.17) is 0 Å². The van der Waals surface area contributed by atoms with Crippen LogP contribution in [0.15, 0.2) is 60.7 Å². The van der Waals surface area contributed by atoms with Crippen molar-refractivity contribution in [2.24, 2.45) is 0 Å². The summed E-state index contributed by atoms with van der Waals surface area (Å²) in [5.74, 6) is -0.277. The number of rotatable bonds is 6. The molecule has 29 heavy (non-hydrogen) atoms. The van der Waals surface area contributed by atoms with Crippen molar-refractivity contribution >= 4 is 23.1 Å². The van der Waals surface area contributed by atoms with Gasteiger partial charge in [0.25, 0.3) is 5.91 Å². The molecule has 4 heteroatoms. The van der Waals surface area contributed by atoms with Gasteiger partial charge in [-0.05, 0) is 73.7 Å². The second kappa shape index (κ2) is 8.74. The van der Waals surface area contributed by atoms with Gasteiger partial charge in [0.2, 0.25) is 0 Å². The van der Waals surface area contributed by atoms with Gasteiger partial charge in [0, 0.05) is 29.5 Å². The Labute approximate surface area is 172 Å². The van der Waals surface area contributed by atoms with Crippen LogP contribution < -0.4 is 10.6 Å². The third-order valence-corrected chi connectivity index (χ3v) is 5.04. The first kappa shape index (κ1) is 20.3. The van der Waals surface area contributed by atoms with Gasteiger partial charge in [0.15, 0.2) is 5.78 Å². The molecule has 0 atom stereocenters. The zero-order valence-electron chi connectivity index (χ0n) is 17.3. The van der Waals surface area contributed by atoms with Crippen LogP contribution in [0.4, 0.5) is 11.4 Å². The third kappa shape index (κ3) is 4.91. The quantitative estimate of drug-likeness (QED) is 0.558. The van der Waals surface area contributed by atoms with Crippen LogP contribution in [-0.2, 0) is 6.42 Å². The number of ketones is 1. The zero-order chi connectivity index (χ0) is 21.0. The molecule has 0 saturated carbocycles. The summed E-state index contributed by atoms with van der Waals surface area (Å²) in [7, 11) is 1.93. The fourth-order valence-corrected chi connectivity index (χ4v) is 3.40. The smallest absolute Gasteiger partial charge is 0.255 e. The molecule has 0 heterocycles. The maximum atomic E-state index is 12.6. The first-order chi connectivity index (χ1) is 13.9. The van der Waals surface area contributed by atoms with Crippen LogP contribution in [0.2, 0.25) is 0 Å². The molecule has 3 aromatic rings. The van der Waals surface area contributed by atoms with Crippen molar-refractivity contribution in [1.29, 1.82) is 0 Å². The summed E-state index contributed by atoms with van der Waals surface area (Å²) in [6.45, 7) is 5.58. The number of benzene rings is 3. The minimum atomic E-state index is -0.220. The average Bonchev–Trinajstić information content (AvgIpc) is 2.70. The third-order valence-electron chi connectivity index (χ3n) is 5.04. The minimum absolute atomic E-state index is 0.0572. The average molecular weight is 386 g/mol. The molecule has 148 valence electrons. The topological polar surface area (TPSA) is 58.2 Å². The van der Waals surface area contributed by atoms with E-state index in [0.29, 0.717) is 11.1 Å². The lowest BCUT2D eigenvalue weighted by Crippen LogP contribution is -2.13. The maximum absolute atomic E-state index is 12.6. The summed E-state index contributed by atoms with van der Waals surface area (Å²) in [5.41, 5.74) is 7.58. The monoisotopic (exact) mass is 386 g/mol. The highest BCUT2D eigenvalue weighted by atomic mass is 16.1. The van der Waals surface area contributed by atoms with Crippen molar-refractivity contribution in [3.8, 4) is 0 Å². The van der Waals surface area contributed by atoms with Gasteiger partial charge >= 0.3 is 0 Å². The minimum Gasteiger partial charge on any atom is -0.388 e. The summed E-state index contributed by atoms with van der Waals surface area (Å²) in [5, 5.41) is 6.13. The first-order valence-electron chi connectivity index (χ1n) is 9.66. The summed E-state index contributed by atoms with van der Waals surface area (Å²) >= 11 is 0. The highest BCUT2D eigenvalue weighted by Gasteiger charge is 2.10. The number of hydrogen-bond acceptors (Lipinski definition) is 3. The van der Waals surface area contributed by atoms with Gasteiger partial charge < -0.3 is 10.6 Å². The largest absolute Gasteiger partial charge is 0.388 e. The predicted octanol–water partition coefficient (Wildman–Crippen LogP) is 5.39. The van der Waals surface area contributed by atoms with Crippen LogP contribution in [0.25, 0.3) is 0 Å². The standard InChI is InChI=1S/C25H26N2O2/c1-16-12-19(8-10-23(16)26-4)14-20-9-11-24(17(2)13-20)27-25(29)22-7-5-6-21(15-22)18(3)28/h5-13,15,26H,14H2,1-4H3,(H,27,29). The van der Waals surface area contributed by atoms with Crippen LogP contribution in [0, 0.1) is 13.8 Å². The Morgan fingerprint density at radius 2 is 1.38 bits per heavy atom. The lowest BCUT2D eigenvalue weighted by molar-refractivity contribution is 0.101. The number of amides is 1. The Morgan fingerprint density at radius 1 is 0.793 bits per heavy atom. The van der Waals surface area contributed by atoms with Crippen molar-refractivity contribution in [2.45, 2.75) is 27.2 Å². The van der Waals surface area contributed by atoms with Gasteiger partial charge in [-0.3, -0.25) is 9.59 Å². The fourth-order valence-electron chi connectivity index (χ4n) is 3.40. The molecule has 0 fully saturated rings. The van der Waals surface area contributed by atoms with E-state index < -0.39 is 0 Å². The molecule has 3 rings (SSSR count). The molecule has 2 N–H and O–H groups in total. The molecule has 0 radical (unpaired) electrons. The number of Topliss-reactive ketones (excluding diaryl/α,β-unsaturated/α-hetero) is 1. The van der Waals surface area contributed by atoms with Gasteiger partial charge in [0.1, 0.15) is 0 Å². The van der Waals surface area contributed by atoms with Crippen LogP contribution in [0.1, 0.15) is 49.9 Å². The van der Waals surface area contributed by atoms with Gasteiger partial charge in [-0.25, -0.2) is 0 Å². The summed E-state index contributed by atoms with van der Waals surface area (Å²) in [6, 6.07) is 19.3. The SMILES string of the molecule is CNc1ccc(Cc2ccc(NC(=O)c3cccc(C(C)=O)c3)c(C)c2)cc1C. The first-order valence-corrected chi connectivity index (χ1v) is 9.66. The molecule has 1 amide bonds. The Morgan fingerprint density at radius 3 is 1.93 bits per heavy atom. The van der Waals surface area contributed by atoms with Gasteiger partial charge in [-0.2, -0.15) is 0 Å². The van der Waals surface area contributed by atoms with Crippen molar-refractivity contribution in [3.05, 3.63) is 94.0 Å². The van der Waals surface area contributed by atoms with E-state index >= 15 is 0 Å². The second-order valence-electron chi connectivity index (χ2n) is 7.32. The van der Waals surface area contributed by atoms with Crippen molar-refractivity contribution in [2.75, 3.05) is 17.7 Å². The van der Waals surface area contributed by atoms with Gasteiger partial charge in [-0.15, -0.1) is 0 Å². The molecule has 0 saturated heterocycles. The highest BCUT2D eigenvalue weighted by Crippen LogP contribution is 2.22. The number of aryl methyl sites for hydroxylation is 2. The van der Waals surface area contributed by atoms with E-state index in [1.54, 1.807) is 24.3 Å². The second-order valence-corrected chi connectivity index (χ2v) is 7.32. The van der Waals surface area contributed by atoms with Crippen LogP contribution in [-0.4, -0.2) is 18.7 Å². The lowest BCUT2D eigenvalue weighted by Gasteiger charge is -2.12. The van der Waals surface area contributed by atoms with Crippen molar-refractivity contribution in [1.82, 2.24) is 0 Å². The van der Waals surface area contributed by atoms with E-state index in [1.807, 2.05) is 26.1 Å². The van der Waals surface area contributed by atoms with Crippen LogP contribution in [0.5, 0.6) is 0 Å². The van der Waals surface area contributed by atoms with Crippen molar-refractivity contribution in [3.63, 3.8) is 0 Å². The molecule has 0 aromatic heterocycles. The van der Waals surface area contributed by atoms with Crippen LogP contribution >= 0.6 is 0 Å². The number of carbonyl (C=O) groups excluding carboxylic acids is 2. The normalized spacial score (nSPS) is 10.5. The maximum Gasteiger partial charge on any atom is 0.255 e. The van der Waals surface area contributed by atoms with E-state index in [-0.39, 0.29) is 11.7 Å². The van der Waals surface area contributed by atoms with Gasteiger partial charge in [0.05, 0.1) is 0 Å². The summed E-state index contributed by atoms with van der Waals surface area (Å²) in [6.07, 6.45) is 0.834. The van der Waals surface area contributed by atoms with E-state index in [2.05, 4.69) is 41.8 Å². The number of carbonyl (C=O) groups is 2. The molecular formula is C25H26N2O2. The zero-order valence-corrected chi connectivity index (χ0v) is 17.3. The number of anilines is 2. The Kier molecular flexibility index (Phi) is 6.13. The molecule has 0 spiro atoms. The van der Waals surface area contributed by atoms with Crippen molar-refractivity contribution < 1.29 is 9.59 Å². The molecule has 0 aliphatic carbocycles. The molecule has 0 unspecified atom stereocenters. The predicted molar refractivity (Wildman–Crippen MR) is 119 cm³/mol. The highest BCUT2D eigenvalue weighted by molar-refractivity contribution is 6.06.